The van der Waals surface area contributed by atoms with E-state index in [-0.39, 0.29) is 10.9 Å². The third-order valence-electron chi connectivity index (χ3n) is 6.56. The topological polar surface area (TPSA) is 91.8 Å². The Bertz CT molecular complexity index is 1330. The zero-order valence-corrected chi connectivity index (χ0v) is 20.8. The lowest BCUT2D eigenvalue weighted by Crippen LogP contribution is -2.45. The molecule has 1 aliphatic rings. The molecule has 0 amide bonds. The quantitative estimate of drug-likeness (QED) is 0.370. The van der Waals surface area contributed by atoms with E-state index >= 15 is 0 Å². The summed E-state index contributed by atoms with van der Waals surface area (Å²) >= 11 is 0. The molecule has 0 radical (unpaired) electrons. The second-order valence-corrected chi connectivity index (χ2v) is 10.5. The van der Waals surface area contributed by atoms with Crippen LogP contribution in [0.3, 0.4) is 0 Å². The van der Waals surface area contributed by atoms with Gasteiger partial charge in [-0.25, -0.2) is 13.6 Å². The largest absolute Gasteiger partial charge is 0.472 e. The first-order valence-electron chi connectivity index (χ1n) is 12.0. The molecule has 1 aromatic heterocycles. The summed E-state index contributed by atoms with van der Waals surface area (Å²) in [6.45, 7) is 4.35. The third-order valence-corrected chi connectivity index (χ3v) is 7.53. The van der Waals surface area contributed by atoms with E-state index < -0.39 is 10.0 Å². The molecule has 0 spiro atoms. The van der Waals surface area contributed by atoms with E-state index in [9.17, 15) is 8.42 Å². The van der Waals surface area contributed by atoms with Gasteiger partial charge < -0.3 is 14.6 Å². The van der Waals surface area contributed by atoms with Crippen molar-refractivity contribution in [2.45, 2.75) is 17.5 Å². The maximum Gasteiger partial charge on any atom is 0.240 e. The normalized spacial score (nSPS) is 14.8. The minimum atomic E-state index is -3.93. The summed E-state index contributed by atoms with van der Waals surface area (Å²) in [7, 11) is -3.93. The van der Waals surface area contributed by atoms with Gasteiger partial charge in [0.15, 0.2) is 0 Å². The summed E-state index contributed by atoms with van der Waals surface area (Å²) in [5, 5.41) is 9.12. The van der Waals surface area contributed by atoms with Crippen molar-refractivity contribution in [3.05, 3.63) is 114 Å². The molecule has 0 unspecified atom stereocenters. The number of furan rings is 1. The Hall–Kier alpha value is -3.59. The molecule has 36 heavy (non-hydrogen) atoms. The van der Waals surface area contributed by atoms with Crippen LogP contribution in [0, 0.1) is 0 Å². The van der Waals surface area contributed by atoms with Crippen molar-refractivity contribution >= 4 is 21.4 Å². The van der Waals surface area contributed by atoms with E-state index in [1.807, 2.05) is 78.9 Å². The van der Waals surface area contributed by atoms with Crippen molar-refractivity contribution in [1.29, 1.82) is 0 Å². The zero-order chi connectivity index (χ0) is 25.0. The fourth-order valence-electron chi connectivity index (χ4n) is 4.69. The zero-order valence-electron chi connectivity index (χ0n) is 20.0. The number of hydrogen-bond donors (Lipinski definition) is 2. The SMILES string of the molecule is NS(=O)(=O)c1ccc(N2CCN(Cc3ccoc3)CC2)cc1NC(c1ccccc1)c1ccccc1. The molecule has 8 heteroatoms. The van der Waals surface area contributed by atoms with Crippen molar-refractivity contribution in [2.75, 3.05) is 36.4 Å². The van der Waals surface area contributed by atoms with Gasteiger partial charge in [0.1, 0.15) is 4.90 Å². The number of primary sulfonamides is 1. The third kappa shape index (κ3) is 5.62. The number of sulfonamides is 1. The number of hydrogen-bond acceptors (Lipinski definition) is 6. The van der Waals surface area contributed by atoms with Crippen LogP contribution in [0.2, 0.25) is 0 Å². The number of rotatable bonds is 8. The van der Waals surface area contributed by atoms with E-state index in [1.165, 1.54) is 5.56 Å². The molecular weight excluding hydrogens is 472 g/mol. The van der Waals surface area contributed by atoms with E-state index in [0.717, 1.165) is 49.5 Å². The predicted molar refractivity (Wildman–Crippen MR) is 142 cm³/mol. The van der Waals surface area contributed by atoms with Gasteiger partial charge in [-0.1, -0.05) is 60.7 Å². The molecule has 1 aliphatic heterocycles. The Morgan fingerprint density at radius 2 is 1.50 bits per heavy atom. The van der Waals surface area contributed by atoms with Gasteiger partial charge >= 0.3 is 0 Å². The fraction of sp³-hybridized carbons (Fsp3) is 0.214. The number of nitrogens with zero attached hydrogens (tertiary/aromatic N) is 2. The number of piperazine rings is 1. The van der Waals surface area contributed by atoms with Crippen LogP contribution in [-0.4, -0.2) is 39.5 Å². The molecule has 2 heterocycles. The second kappa shape index (κ2) is 10.6. The maximum absolute atomic E-state index is 12.5. The standard InChI is InChI=1S/C28H30N4O3S/c29-36(33,34)27-12-11-25(32-16-14-31(15-17-32)20-22-13-18-35-21-22)19-26(27)30-28(23-7-3-1-4-8-23)24-9-5-2-6-10-24/h1-13,18-19,21,28,30H,14-17,20H2,(H2,29,33,34). The molecule has 186 valence electrons. The van der Waals surface area contributed by atoms with Gasteiger partial charge in [-0.2, -0.15) is 0 Å². The van der Waals surface area contributed by atoms with Gasteiger partial charge in [0.2, 0.25) is 10.0 Å². The lowest BCUT2D eigenvalue weighted by molar-refractivity contribution is 0.249. The second-order valence-electron chi connectivity index (χ2n) is 9.02. The van der Waals surface area contributed by atoms with Gasteiger partial charge in [0, 0.05) is 44.0 Å². The molecule has 5 rings (SSSR count). The Balaban J connectivity index is 1.42. The molecular formula is C28H30N4O3S. The molecule has 0 saturated carbocycles. The molecule has 3 N–H and O–H groups in total. The highest BCUT2D eigenvalue weighted by atomic mass is 32.2. The molecule has 1 saturated heterocycles. The number of benzene rings is 3. The van der Waals surface area contributed by atoms with Gasteiger partial charge in [0.25, 0.3) is 0 Å². The van der Waals surface area contributed by atoms with E-state index in [0.29, 0.717) is 5.69 Å². The Labute approximate surface area is 212 Å². The Morgan fingerprint density at radius 1 is 0.861 bits per heavy atom. The van der Waals surface area contributed by atoms with Crippen LogP contribution in [0.25, 0.3) is 0 Å². The minimum absolute atomic E-state index is 0.0849. The Kier molecular flexibility index (Phi) is 7.09. The molecule has 0 bridgehead atoms. The van der Waals surface area contributed by atoms with Crippen LogP contribution in [0.1, 0.15) is 22.7 Å². The van der Waals surface area contributed by atoms with Gasteiger partial charge in [0.05, 0.1) is 24.3 Å². The van der Waals surface area contributed by atoms with Crippen molar-refractivity contribution in [3.63, 3.8) is 0 Å². The summed E-state index contributed by atoms with van der Waals surface area (Å²) in [6.07, 6.45) is 3.48. The summed E-state index contributed by atoms with van der Waals surface area (Å²) in [6, 6.07) is 27.1. The van der Waals surface area contributed by atoms with Crippen LogP contribution in [-0.2, 0) is 16.6 Å². The van der Waals surface area contributed by atoms with E-state index in [2.05, 4.69) is 15.1 Å². The lowest BCUT2D eigenvalue weighted by Gasteiger charge is -2.36. The maximum atomic E-state index is 12.5. The lowest BCUT2D eigenvalue weighted by atomic mass is 9.98. The highest BCUT2D eigenvalue weighted by Gasteiger charge is 2.23. The van der Waals surface area contributed by atoms with Gasteiger partial charge in [-0.3, -0.25) is 4.90 Å². The molecule has 7 nitrogen and oxygen atoms in total. The average Bonchev–Trinajstić information content (AvgIpc) is 3.41. The first-order valence-corrected chi connectivity index (χ1v) is 13.5. The van der Waals surface area contributed by atoms with E-state index in [1.54, 1.807) is 18.6 Å². The Morgan fingerprint density at radius 3 is 2.06 bits per heavy atom. The molecule has 3 aromatic carbocycles. The van der Waals surface area contributed by atoms with Crippen molar-refractivity contribution in [3.8, 4) is 0 Å². The van der Waals surface area contributed by atoms with Gasteiger partial charge in [-0.05, 0) is 35.4 Å². The van der Waals surface area contributed by atoms with Crippen molar-refractivity contribution in [1.82, 2.24) is 4.90 Å². The highest BCUT2D eigenvalue weighted by Crippen LogP contribution is 2.33. The summed E-state index contributed by atoms with van der Waals surface area (Å²) in [5.74, 6) is 0. The summed E-state index contributed by atoms with van der Waals surface area (Å²) < 4.78 is 30.2. The monoisotopic (exact) mass is 502 g/mol. The van der Waals surface area contributed by atoms with Crippen LogP contribution in [0.4, 0.5) is 11.4 Å². The number of nitrogens with two attached hydrogens (primary N) is 1. The predicted octanol–water partition coefficient (Wildman–Crippen LogP) is 4.45. The first-order chi connectivity index (χ1) is 17.5. The van der Waals surface area contributed by atoms with Crippen molar-refractivity contribution < 1.29 is 12.8 Å². The molecule has 0 aliphatic carbocycles. The minimum Gasteiger partial charge on any atom is -0.472 e. The van der Waals surface area contributed by atoms with Crippen molar-refractivity contribution in [2.24, 2.45) is 5.14 Å². The fourth-order valence-corrected chi connectivity index (χ4v) is 5.37. The summed E-state index contributed by atoms with van der Waals surface area (Å²) in [5.41, 5.74) is 4.69. The number of anilines is 2. The molecule has 4 aromatic rings. The highest BCUT2D eigenvalue weighted by molar-refractivity contribution is 7.89. The molecule has 0 atom stereocenters. The van der Waals surface area contributed by atoms with E-state index in [4.69, 9.17) is 9.56 Å². The van der Waals surface area contributed by atoms with Gasteiger partial charge in [-0.15, -0.1) is 0 Å². The van der Waals surface area contributed by atoms with Crippen LogP contribution in [0.5, 0.6) is 0 Å². The summed E-state index contributed by atoms with van der Waals surface area (Å²) in [4.78, 5) is 4.76. The molecule has 1 fully saturated rings. The number of nitrogens with one attached hydrogen (secondary N) is 1. The first kappa shape index (κ1) is 24.1. The average molecular weight is 503 g/mol. The van der Waals surface area contributed by atoms with Crippen LogP contribution >= 0.6 is 0 Å². The smallest absolute Gasteiger partial charge is 0.240 e. The van der Waals surface area contributed by atoms with Crippen LogP contribution in [0.15, 0.2) is 107 Å². The van der Waals surface area contributed by atoms with Crippen LogP contribution < -0.4 is 15.4 Å².